The molecule has 3 aliphatic heterocycles. The average Bonchev–Trinajstić information content (AvgIpc) is 3.17. The van der Waals surface area contributed by atoms with Crippen LogP contribution < -0.4 is 14.8 Å². The maximum atomic E-state index is 12.9. The van der Waals surface area contributed by atoms with Gasteiger partial charge in [-0.15, -0.1) is 0 Å². The van der Waals surface area contributed by atoms with Crippen LogP contribution in [0.1, 0.15) is 18.4 Å². The number of amides is 3. The highest BCUT2D eigenvalue weighted by Gasteiger charge is 2.59. The van der Waals surface area contributed by atoms with Gasteiger partial charge < -0.3 is 19.7 Å². The maximum absolute atomic E-state index is 12.9. The summed E-state index contributed by atoms with van der Waals surface area (Å²) in [5, 5.41) is 2.95. The number of rotatable bonds is 2. The molecule has 3 amide bonds. The van der Waals surface area contributed by atoms with Crippen molar-refractivity contribution < 1.29 is 19.1 Å². The van der Waals surface area contributed by atoms with Crippen LogP contribution in [-0.2, 0) is 4.79 Å². The zero-order valence-electron chi connectivity index (χ0n) is 13.2. The molecule has 0 saturated carbocycles. The molecule has 1 spiro atoms. The van der Waals surface area contributed by atoms with Crippen molar-refractivity contribution in [1.82, 2.24) is 15.1 Å². The van der Waals surface area contributed by atoms with Crippen molar-refractivity contribution >= 4 is 11.9 Å². The smallest absolute Gasteiger partial charge is 0.325 e. The molecule has 1 aromatic carbocycles. The third-order valence-electron chi connectivity index (χ3n) is 4.93. The molecule has 23 heavy (non-hydrogen) atoms. The van der Waals surface area contributed by atoms with Crippen molar-refractivity contribution in [2.45, 2.75) is 18.4 Å². The van der Waals surface area contributed by atoms with E-state index < -0.39 is 5.54 Å². The zero-order chi connectivity index (χ0) is 16.2. The fourth-order valence-corrected chi connectivity index (χ4v) is 3.86. The Morgan fingerprint density at radius 1 is 1.30 bits per heavy atom. The van der Waals surface area contributed by atoms with E-state index in [0.717, 1.165) is 5.56 Å². The van der Waals surface area contributed by atoms with Crippen LogP contribution in [0, 0.1) is 0 Å². The van der Waals surface area contributed by atoms with Crippen molar-refractivity contribution in [2.24, 2.45) is 0 Å². The fraction of sp³-hybridized carbons (Fsp3) is 0.500. The number of imide groups is 1. The Kier molecular flexibility index (Phi) is 3.02. The molecular weight excluding hydrogens is 298 g/mol. The summed E-state index contributed by atoms with van der Waals surface area (Å²) in [7, 11) is 1.96. The van der Waals surface area contributed by atoms with Gasteiger partial charge in [-0.3, -0.25) is 9.69 Å². The Labute approximate surface area is 134 Å². The normalized spacial score (nSPS) is 29.7. The summed E-state index contributed by atoms with van der Waals surface area (Å²) >= 11 is 0. The number of ether oxygens (including phenoxy) is 2. The van der Waals surface area contributed by atoms with Gasteiger partial charge in [0.2, 0.25) is 6.79 Å². The Morgan fingerprint density at radius 2 is 2.09 bits per heavy atom. The van der Waals surface area contributed by atoms with Crippen LogP contribution >= 0.6 is 0 Å². The minimum Gasteiger partial charge on any atom is -0.454 e. The second-order valence-electron chi connectivity index (χ2n) is 6.31. The number of nitrogens with zero attached hydrogens (tertiary/aromatic N) is 2. The van der Waals surface area contributed by atoms with E-state index in [0.29, 0.717) is 31.1 Å². The third-order valence-corrected chi connectivity index (χ3v) is 4.93. The molecular formula is C16H19N3O4. The number of hydrogen-bond donors (Lipinski definition) is 1. The molecule has 0 unspecified atom stereocenters. The first-order chi connectivity index (χ1) is 11.0. The molecule has 2 saturated heterocycles. The molecule has 122 valence electrons. The van der Waals surface area contributed by atoms with Gasteiger partial charge in [0.05, 0.1) is 0 Å². The van der Waals surface area contributed by atoms with Gasteiger partial charge in [-0.25, -0.2) is 4.79 Å². The molecule has 0 aromatic heterocycles. The van der Waals surface area contributed by atoms with Gasteiger partial charge in [0.1, 0.15) is 5.54 Å². The summed E-state index contributed by atoms with van der Waals surface area (Å²) in [5.74, 6) is 1.15. The topological polar surface area (TPSA) is 71.1 Å². The summed E-state index contributed by atoms with van der Waals surface area (Å²) in [4.78, 5) is 28.4. The van der Waals surface area contributed by atoms with E-state index in [1.807, 2.05) is 32.2 Å². The largest absolute Gasteiger partial charge is 0.454 e. The first-order valence-corrected chi connectivity index (χ1v) is 7.77. The quantitative estimate of drug-likeness (QED) is 0.815. The number of carbonyl (C=O) groups is 2. The average molecular weight is 317 g/mol. The van der Waals surface area contributed by atoms with E-state index in [1.54, 1.807) is 0 Å². The number of urea groups is 1. The van der Waals surface area contributed by atoms with Crippen LogP contribution in [0.2, 0.25) is 0 Å². The van der Waals surface area contributed by atoms with E-state index in [9.17, 15) is 9.59 Å². The summed E-state index contributed by atoms with van der Waals surface area (Å²) in [6.45, 7) is 3.61. The van der Waals surface area contributed by atoms with E-state index in [1.165, 1.54) is 4.90 Å². The molecule has 1 N–H and O–H groups in total. The lowest BCUT2D eigenvalue weighted by atomic mass is 9.81. The van der Waals surface area contributed by atoms with E-state index in [-0.39, 0.29) is 24.6 Å². The first kappa shape index (κ1) is 14.3. The standard InChI is InChI=1S/C16H19N3O4/c1-3-19-14(20)16(17-15(19)21)8-18(2)7-11(16)10-4-5-12-13(6-10)23-9-22-12/h4-6,11H,3,7-9H2,1-2H3,(H,17,21)/t11-,16+/m1/s1. The number of carbonyl (C=O) groups excluding carboxylic acids is 2. The second kappa shape index (κ2) is 4.86. The molecule has 4 rings (SSSR count). The number of fused-ring (bicyclic) bond motifs is 1. The van der Waals surface area contributed by atoms with Gasteiger partial charge in [0.25, 0.3) is 5.91 Å². The van der Waals surface area contributed by atoms with Gasteiger partial charge in [0.15, 0.2) is 11.5 Å². The van der Waals surface area contributed by atoms with Crippen molar-refractivity contribution in [2.75, 3.05) is 33.5 Å². The van der Waals surface area contributed by atoms with Crippen LogP contribution in [0.5, 0.6) is 11.5 Å². The van der Waals surface area contributed by atoms with Crippen LogP contribution in [0.4, 0.5) is 4.79 Å². The molecule has 0 aliphatic carbocycles. The Bertz CT molecular complexity index is 692. The van der Waals surface area contributed by atoms with Gasteiger partial charge >= 0.3 is 6.03 Å². The molecule has 1 aromatic rings. The predicted octanol–water partition coefficient (Wildman–Crippen LogP) is 0.755. The van der Waals surface area contributed by atoms with E-state index in [4.69, 9.17) is 9.47 Å². The van der Waals surface area contributed by atoms with Crippen LogP contribution in [0.25, 0.3) is 0 Å². The number of benzene rings is 1. The molecule has 3 aliphatic rings. The first-order valence-electron chi connectivity index (χ1n) is 7.77. The van der Waals surface area contributed by atoms with Crippen molar-refractivity contribution in [3.8, 4) is 11.5 Å². The fourth-order valence-electron chi connectivity index (χ4n) is 3.86. The lowest BCUT2D eigenvalue weighted by Crippen LogP contribution is -2.52. The molecule has 2 fully saturated rings. The van der Waals surface area contributed by atoms with Crippen LogP contribution in [0.3, 0.4) is 0 Å². The lowest BCUT2D eigenvalue weighted by molar-refractivity contribution is -0.131. The predicted molar refractivity (Wildman–Crippen MR) is 81.5 cm³/mol. The summed E-state index contributed by atoms with van der Waals surface area (Å²) < 4.78 is 10.8. The minimum atomic E-state index is -0.893. The monoisotopic (exact) mass is 317 g/mol. The Balaban J connectivity index is 1.75. The van der Waals surface area contributed by atoms with E-state index in [2.05, 4.69) is 10.2 Å². The van der Waals surface area contributed by atoms with Crippen molar-refractivity contribution in [1.29, 1.82) is 0 Å². The molecule has 3 heterocycles. The number of nitrogens with one attached hydrogen (secondary N) is 1. The Hall–Kier alpha value is -2.28. The highest BCUT2D eigenvalue weighted by atomic mass is 16.7. The highest BCUT2D eigenvalue weighted by Crippen LogP contribution is 2.43. The summed E-state index contributed by atoms with van der Waals surface area (Å²) in [5.41, 5.74) is 0.0837. The lowest BCUT2D eigenvalue weighted by Gasteiger charge is -2.28. The number of likely N-dealkylation sites (tertiary alicyclic amines) is 1. The van der Waals surface area contributed by atoms with Crippen LogP contribution in [0.15, 0.2) is 18.2 Å². The molecule has 2 atom stereocenters. The van der Waals surface area contributed by atoms with Gasteiger partial charge in [0, 0.05) is 25.6 Å². The second-order valence-corrected chi connectivity index (χ2v) is 6.31. The minimum absolute atomic E-state index is 0.116. The molecule has 0 radical (unpaired) electrons. The maximum Gasteiger partial charge on any atom is 0.325 e. The molecule has 0 bridgehead atoms. The number of likely N-dealkylation sites (N-methyl/N-ethyl adjacent to an activating group) is 2. The van der Waals surface area contributed by atoms with Gasteiger partial charge in [-0.05, 0) is 31.7 Å². The zero-order valence-corrected chi connectivity index (χ0v) is 13.2. The number of hydrogen-bond acceptors (Lipinski definition) is 5. The summed E-state index contributed by atoms with van der Waals surface area (Å²) in [6, 6.07) is 5.43. The molecule has 7 nitrogen and oxygen atoms in total. The Morgan fingerprint density at radius 3 is 2.83 bits per heavy atom. The van der Waals surface area contributed by atoms with Crippen molar-refractivity contribution in [3.05, 3.63) is 23.8 Å². The third kappa shape index (κ3) is 1.92. The van der Waals surface area contributed by atoms with E-state index >= 15 is 0 Å². The highest BCUT2D eigenvalue weighted by molar-refractivity contribution is 6.08. The van der Waals surface area contributed by atoms with Crippen LogP contribution in [-0.4, -0.2) is 60.8 Å². The van der Waals surface area contributed by atoms with Gasteiger partial charge in [-0.2, -0.15) is 0 Å². The summed E-state index contributed by atoms with van der Waals surface area (Å²) in [6.07, 6.45) is 0. The SMILES string of the molecule is CCN1C(=O)N[C@]2(CN(C)C[C@@H]2c2ccc3c(c2)OCO3)C1=O. The van der Waals surface area contributed by atoms with Crippen molar-refractivity contribution in [3.63, 3.8) is 0 Å². The molecule has 7 heteroatoms. The van der Waals surface area contributed by atoms with Gasteiger partial charge in [-0.1, -0.05) is 6.07 Å².